The SMILES string of the molecule is S=C(NCCCN1CCCC1)Nc1ccc(Br)c(Cl)c1. The van der Waals surface area contributed by atoms with Crippen LogP contribution >= 0.6 is 39.7 Å². The molecule has 2 N–H and O–H groups in total. The number of benzene rings is 1. The number of rotatable bonds is 5. The Labute approximate surface area is 139 Å². The normalized spacial score (nSPS) is 15.3. The molecule has 0 amide bonds. The maximum absolute atomic E-state index is 6.04. The van der Waals surface area contributed by atoms with Crippen LogP contribution in [0.15, 0.2) is 22.7 Å². The molecule has 1 fully saturated rings. The predicted molar refractivity (Wildman–Crippen MR) is 93.7 cm³/mol. The van der Waals surface area contributed by atoms with E-state index in [2.05, 4.69) is 31.5 Å². The fourth-order valence-electron chi connectivity index (χ4n) is 2.26. The molecule has 1 saturated heterocycles. The molecule has 0 bridgehead atoms. The van der Waals surface area contributed by atoms with Crippen LogP contribution in [0.25, 0.3) is 0 Å². The number of hydrogen-bond acceptors (Lipinski definition) is 2. The van der Waals surface area contributed by atoms with E-state index in [9.17, 15) is 0 Å². The first-order valence-electron chi connectivity index (χ1n) is 6.87. The van der Waals surface area contributed by atoms with Crippen molar-refractivity contribution in [1.29, 1.82) is 0 Å². The molecule has 0 saturated carbocycles. The minimum atomic E-state index is 0.643. The summed E-state index contributed by atoms with van der Waals surface area (Å²) in [4.78, 5) is 2.51. The second-order valence-corrected chi connectivity index (χ2v) is 6.58. The van der Waals surface area contributed by atoms with E-state index in [0.29, 0.717) is 10.1 Å². The first-order chi connectivity index (χ1) is 9.65. The van der Waals surface area contributed by atoms with E-state index in [-0.39, 0.29) is 0 Å². The average molecular weight is 377 g/mol. The van der Waals surface area contributed by atoms with E-state index in [4.69, 9.17) is 23.8 Å². The van der Waals surface area contributed by atoms with Gasteiger partial charge in [0.1, 0.15) is 0 Å². The summed E-state index contributed by atoms with van der Waals surface area (Å²) in [5, 5.41) is 7.68. The van der Waals surface area contributed by atoms with Crippen molar-refractivity contribution >= 4 is 50.5 Å². The highest BCUT2D eigenvalue weighted by Gasteiger charge is 2.10. The van der Waals surface area contributed by atoms with Crippen molar-refractivity contribution in [2.24, 2.45) is 0 Å². The lowest BCUT2D eigenvalue weighted by molar-refractivity contribution is 0.334. The van der Waals surface area contributed by atoms with Crippen LogP contribution in [0.1, 0.15) is 19.3 Å². The van der Waals surface area contributed by atoms with E-state index >= 15 is 0 Å². The highest BCUT2D eigenvalue weighted by atomic mass is 79.9. The number of halogens is 2. The molecular formula is C14H19BrClN3S. The molecule has 1 aliphatic heterocycles. The maximum Gasteiger partial charge on any atom is 0.170 e. The fraction of sp³-hybridized carbons (Fsp3) is 0.500. The van der Waals surface area contributed by atoms with Crippen LogP contribution < -0.4 is 10.6 Å². The Balaban J connectivity index is 1.65. The van der Waals surface area contributed by atoms with Crippen molar-refractivity contribution in [1.82, 2.24) is 10.2 Å². The second-order valence-electron chi connectivity index (χ2n) is 4.91. The summed E-state index contributed by atoms with van der Waals surface area (Å²) in [5.41, 5.74) is 0.898. The van der Waals surface area contributed by atoms with E-state index in [0.717, 1.165) is 29.7 Å². The van der Waals surface area contributed by atoms with Gasteiger partial charge in [-0.1, -0.05) is 11.6 Å². The lowest BCUT2D eigenvalue weighted by atomic mass is 10.3. The minimum Gasteiger partial charge on any atom is -0.362 e. The number of nitrogens with zero attached hydrogens (tertiary/aromatic N) is 1. The Morgan fingerprint density at radius 2 is 2.10 bits per heavy atom. The lowest BCUT2D eigenvalue weighted by Crippen LogP contribution is -2.31. The Hall–Kier alpha value is -0.360. The van der Waals surface area contributed by atoms with Crippen molar-refractivity contribution in [3.8, 4) is 0 Å². The first-order valence-corrected chi connectivity index (χ1v) is 8.45. The molecule has 0 unspecified atom stereocenters. The van der Waals surface area contributed by atoms with E-state index in [1.807, 2.05) is 18.2 Å². The van der Waals surface area contributed by atoms with Crippen molar-refractivity contribution in [3.63, 3.8) is 0 Å². The third-order valence-electron chi connectivity index (χ3n) is 3.31. The Morgan fingerprint density at radius 1 is 1.35 bits per heavy atom. The molecular weight excluding hydrogens is 358 g/mol. The van der Waals surface area contributed by atoms with Gasteiger partial charge in [-0.25, -0.2) is 0 Å². The molecule has 110 valence electrons. The van der Waals surface area contributed by atoms with Gasteiger partial charge in [-0.3, -0.25) is 0 Å². The second kappa shape index (κ2) is 8.17. The molecule has 1 aromatic carbocycles. The zero-order valence-electron chi connectivity index (χ0n) is 11.3. The van der Waals surface area contributed by atoms with Crippen LogP contribution in [-0.4, -0.2) is 36.2 Å². The Morgan fingerprint density at radius 3 is 2.80 bits per heavy atom. The van der Waals surface area contributed by atoms with Gasteiger partial charge < -0.3 is 15.5 Å². The van der Waals surface area contributed by atoms with Gasteiger partial charge in [-0.05, 0) is 85.2 Å². The van der Waals surface area contributed by atoms with Crippen molar-refractivity contribution in [2.75, 3.05) is 31.5 Å². The van der Waals surface area contributed by atoms with Crippen molar-refractivity contribution in [3.05, 3.63) is 27.7 Å². The van der Waals surface area contributed by atoms with Gasteiger partial charge in [-0.15, -0.1) is 0 Å². The quantitative estimate of drug-likeness (QED) is 0.602. The van der Waals surface area contributed by atoms with E-state index < -0.39 is 0 Å². The number of thiocarbonyl (C=S) groups is 1. The zero-order chi connectivity index (χ0) is 14.4. The van der Waals surface area contributed by atoms with E-state index in [1.54, 1.807) is 0 Å². The zero-order valence-corrected chi connectivity index (χ0v) is 14.5. The van der Waals surface area contributed by atoms with Gasteiger partial charge in [-0.2, -0.15) is 0 Å². The monoisotopic (exact) mass is 375 g/mol. The van der Waals surface area contributed by atoms with Gasteiger partial charge in [0.2, 0.25) is 0 Å². The lowest BCUT2D eigenvalue weighted by Gasteiger charge is -2.15. The van der Waals surface area contributed by atoms with Crippen LogP contribution in [0, 0.1) is 0 Å². The number of anilines is 1. The number of nitrogens with one attached hydrogen (secondary N) is 2. The van der Waals surface area contributed by atoms with Crippen LogP contribution in [0.2, 0.25) is 5.02 Å². The number of likely N-dealkylation sites (tertiary alicyclic amines) is 1. The molecule has 2 rings (SSSR count). The topological polar surface area (TPSA) is 27.3 Å². The largest absolute Gasteiger partial charge is 0.362 e. The van der Waals surface area contributed by atoms with E-state index in [1.165, 1.54) is 25.9 Å². The molecule has 0 aliphatic carbocycles. The van der Waals surface area contributed by atoms with Crippen LogP contribution in [0.3, 0.4) is 0 Å². The highest BCUT2D eigenvalue weighted by molar-refractivity contribution is 9.10. The van der Waals surface area contributed by atoms with Crippen LogP contribution in [0.5, 0.6) is 0 Å². The fourth-order valence-corrected chi connectivity index (χ4v) is 2.91. The molecule has 1 heterocycles. The van der Waals surface area contributed by atoms with Gasteiger partial charge >= 0.3 is 0 Å². The molecule has 0 aromatic heterocycles. The highest BCUT2D eigenvalue weighted by Crippen LogP contribution is 2.25. The summed E-state index contributed by atoms with van der Waals surface area (Å²) in [6.07, 6.45) is 3.80. The van der Waals surface area contributed by atoms with Crippen molar-refractivity contribution < 1.29 is 0 Å². The smallest absolute Gasteiger partial charge is 0.170 e. The minimum absolute atomic E-state index is 0.643. The van der Waals surface area contributed by atoms with Gasteiger partial charge in [0.25, 0.3) is 0 Å². The summed E-state index contributed by atoms with van der Waals surface area (Å²) in [7, 11) is 0. The third kappa shape index (κ3) is 5.20. The average Bonchev–Trinajstić information content (AvgIpc) is 2.92. The first kappa shape index (κ1) is 16.0. The summed E-state index contributed by atoms with van der Waals surface area (Å²) in [6, 6.07) is 5.69. The summed E-state index contributed by atoms with van der Waals surface area (Å²) in [6.45, 7) is 4.55. The summed E-state index contributed by atoms with van der Waals surface area (Å²) < 4.78 is 0.884. The van der Waals surface area contributed by atoms with Crippen LogP contribution in [0.4, 0.5) is 5.69 Å². The Bertz CT molecular complexity index is 464. The van der Waals surface area contributed by atoms with Gasteiger partial charge in [0, 0.05) is 16.7 Å². The standard InChI is InChI=1S/C14H19BrClN3S/c15-12-5-4-11(10-13(12)16)18-14(20)17-6-3-9-19-7-1-2-8-19/h4-5,10H,1-3,6-9H2,(H2,17,18,20). The molecule has 6 heteroatoms. The van der Waals surface area contributed by atoms with Crippen LogP contribution in [-0.2, 0) is 0 Å². The van der Waals surface area contributed by atoms with Gasteiger partial charge in [0.15, 0.2) is 5.11 Å². The maximum atomic E-state index is 6.04. The van der Waals surface area contributed by atoms with Crippen molar-refractivity contribution in [2.45, 2.75) is 19.3 Å². The summed E-state index contributed by atoms with van der Waals surface area (Å²) >= 11 is 14.7. The molecule has 20 heavy (non-hydrogen) atoms. The Kier molecular flexibility index (Phi) is 6.55. The molecule has 0 atom stereocenters. The third-order valence-corrected chi connectivity index (χ3v) is 4.79. The molecule has 3 nitrogen and oxygen atoms in total. The molecule has 1 aromatic rings. The number of hydrogen-bond donors (Lipinski definition) is 2. The molecule has 0 radical (unpaired) electrons. The summed E-state index contributed by atoms with van der Waals surface area (Å²) in [5.74, 6) is 0. The molecule has 1 aliphatic rings. The van der Waals surface area contributed by atoms with Gasteiger partial charge in [0.05, 0.1) is 5.02 Å². The molecule has 0 spiro atoms. The predicted octanol–water partition coefficient (Wildman–Crippen LogP) is 3.87.